The lowest BCUT2D eigenvalue weighted by molar-refractivity contribution is 0.471. The first-order valence-electron chi connectivity index (χ1n) is 6.70. The largest absolute Gasteiger partial charge is 0.507 e. The fourth-order valence-corrected chi connectivity index (χ4v) is 2.64. The molecule has 3 heteroatoms. The van der Waals surface area contributed by atoms with Gasteiger partial charge < -0.3 is 5.11 Å². The molecule has 2 nitrogen and oxygen atoms in total. The summed E-state index contributed by atoms with van der Waals surface area (Å²) in [7, 11) is 0. The van der Waals surface area contributed by atoms with Crippen molar-refractivity contribution in [3.8, 4) is 17.0 Å². The number of aromatic nitrogens is 1. The number of thioether (sulfide) groups is 1. The summed E-state index contributed by atoms with van der Waals surface area (Å²) in [6, 6.07) is 9.93. The molecule has 1 heterocycles. The first-order chi connectivity index (χ1) is 9.43. The van der Waals surface area contributed by atoms with Crippen molar-refractivity contribution in [1.82, 2.24) is 4.98 Å². The van der Waals surface area contributed by atoms with Gasteiger partial charge in [0.05, 0.1) is 5.69 Å². The standard InChI is InChI=1S/C17H21NOS/c1-17(2,3)13-9-12(11-20-4)16(19)14(10-13)15-7-5-6-8-18-15/h5-10,19H,11H2,1-4H3. The van der Waals surface area contributed by atoms with Gasteiger partial charge in [-0.3, -0.25) is 4.98 Å². The molecule has 0 radical (unpaired) electrons. The first-order valence-corrected chi connectivity index (χ1v) is 8.09. The summed E-state index contributed by atoms with van der Waals surface area (Å²) in [5.74, 6) is 1.15. The minimum absolute atomic E-state index is 0.0460. The molecule has 2 rings (SSSR count). The molecule has 0 aliphatic heterocycles. The summed E-state index contributed by atoms with van der Waals surface area (Å²) in [4.78, 5) is 4.37. The van der Waals surface area contributed by atoms with Gasteiger partial charge in [0.1, 0.15) is 5.75 Å². The van der Waals surface area contributed by atoms with Crippen molar-refractivity contribution < 1.29 is 5.11 Å². The fourth-order valence-electron chi connectivity index (χ4n) is 2.11. The first kappa shape index (κ1) is 14.9. The van der Waals surface area contributed by atoms with Gasteiger partial charge in [0.15, 0.2) is 0 Å². The minimum atomic E-state index is 0.0460. The zero-order valence-corrected chi connectivity index (χ0v) is 13.3. The highest BCUT2D eigenvalue weighted by molar-refractivity contribution is 7.97. The highest BCUT2D eigenvalue weighted by Gasteiger charge is 2.19. The number of pyridine rings is 1. The van der Waals surface area contributed by atoms with Crippen LogP contribution in [0, 0.1) is 0 Å². The Kier molecular flexibility index (Phi) is 4.39. The van der Waals surface area contributed by atoms with E-state index in [1.807, 2.05) is 24.5 Å². The number of phenols is 1. The number of nitrogens with zero attached hydrogens (tertiary/aromatic N) is 1. The van der Waals surface area contributed by atoms with E-state index in [4.69, 9.17) is 0 Å². The Morgan fingerprint density at radius 1 is 1.20 bits per heavy atom. The minimum Gasteiger partial charge on any atom is -0.507 e. The van der Waals surface area contributed by atoms with Gasteiger partial charge in [-0.25, -0.2) is 0 Å². The lowest BCUT2D eigenvalue weighted by Gasteiger charge is -2.22. The quantitative estimate of drug-likeness (QED) is 0.894. The second kappa shape index (κ2) is 5.88. The molecule has 0 atom stereocenters. The second-order valence-corrected chi connectivity index (χ2v) is 6.80. The molecule has 20 heavy (non-hydrogen) atoms. The zero-order chi connectivity index (χ0) is 14.8. The van der Waals surface area contributed by atoms with Crippen LogP contribution in [0.2, 0.25) is 0 Å². The third-order valence-corrected chi connectivity index (χ3v) is 3.90. The summed E-state index contributed by atoms with van der Waals surface area (Å²) >= 11 is 1.71. The number of hydrogen-bond acceptors (Lipinski definition) is 3. The van der Waals surface area contributed by atoms with Gasteiger partial charge in [-0.1, -0.05) is 32.9 Å². The maximum absolute atomic E-state index is 10.5. The number of hydrogen-bond donors (Lipinski definition) is 1. The van der Waals surface area contributed by atoms with E-state index in [0.717, 1.165) is 22.6 Å². The molecule has 0 amide bonds. The maximum atomic E-state index is 10.5. The molecule has 0 bridgehead atoms. The molecule has 0 aliphatic carbocycles. The lowest BCUT2D eigenvalue weighted by atomic mass is 9.84. The molecule has 0 saturated carbocycles. The summed E-state index contributed by atoms with van der Waals surface area (Å²) in [6.07, 6.45) is 3.80. The second-order valence-electron chi connectivity index (χ2n) is 5.93. The van der Waals surface area contributed by atoms with E-state index in [9.17, 15) is 5.11 Å². The van der Waals surface area contributed by atoms with Gasteiger partial charge in [-0.2, -0.15) is 11.8 Å². The molecule has 1 aromatic heterocycles. The van der Waals surface area contributed by atoms with Crippen molar-refractivity contribution in [3.63, 3.8) is 0 Å². The Morgan fingerprint density at radius 2 is 1.95 bits per heavy atom. The molecule has 0 unspecified atom stereocenters. The van der Waals surface area contributed by atoms with Crippen molar-refractivity contribution in [2.75, 3.05) is 6.26 Å². The van der Waals surface area contributed by atoms with E-state index in [1.54, 1.807) is 18.0 Å². The Balaban J connectivity index is 2.64. The van der Waals surface area contributed by atoms with Crippen LogP contribution in [-0.4, -0.2) is 16.3 Å². The van der Waals surface area contributed by atoms with Crippen molar-refractivity contribution in [2.24, 2.45) is 0 Å². The van der Waals surface area contributed by atoms with E-state index >= 15 is 0 Å². The highest BCUT2D eigenvalue weighted by atomic mass is 32.2. The van der Waals surface area contributed by atoms with Gasteiger partial charge in [0, 0.05) is 23.1 Å². The fraction of sp³-hybridized carbons (Fsp3) is 0.353. The summed E-state index contributed by atoms with van der Waals surface area (Å²) in [5, 5.41) is 10.5. The third kappa shape index (κ3) is 3.15. The van der Waals surface area contributed by atoms with Crippen LogP contribution in [-0.2, 0) is 11.2 Å². The van der Waals surface area contributed by atoms with E-state index < -0.39 is 0 Å². The van der Waals surface area contributed by atoms with Crippen LogP contribution < -0.4 is 0 Å². The van der Waals surface area contributed by atoms with Gasteiger partial charge in [0.25, 0.3) is 0 Å². The van der Waals surface area contributed by atoms with Crippen LogP contribution >= 0.6 is 11.8 Å². The molecule has 0 saturated heterocycles. The lowest BCUT2D eigenvalue weighted by Crippen LogP contribution is -2.12. The Morgan fingerprint density at radius 3 is 2.50 bits per heavy atom. The van der Waals surface area contributed by atoms with Crippen molar-refractivity contribution in [3.05, 3.63) is 47.7 Å². The van der Waals surface area contributed by atoms with Gasteiger partial charge in [0.2, 0.25) is 0 Å². The van der Waals surface area contributed by atoms with Crippen molar-refractivity contribution in [2.45, 2.75) is 31.9 Å². The third-order valence-electron chi connectivity index (χ3n) is 3.30. The molecular weight excluding hydrogens is 266 g/mol. The van der Waals surface area contributed by atoms with Crippen molar-refractivity contribution in [1.29, 1.82) is 0 Å². The van der Waals surface area contributed by atoms with Gasteiger partial charge >= 0.3 is 0 Å². The van der Waals surface area contributed by atoms with E-state index in [2.05, 4.69) is 37.9 Å². The zero-order valence-electron chi connectivity index (χ0n) is 12.5. The SMILES string of the molecule is CSCc1cc(C(C)(C)C)cc(-c2ccccn2)c1O. The molecule has 1 aromatic carbocycles. The van der Waals surface area contributed by atoms with Crippen molar-refractivity contribution >= 4 is 11.8 Å². The number of phenolic OH excluding ortho intramolecular Hbond substituents is 1. The molecule has 0 fully saturated rings. The Labute approximate surface area is 125 Å². The summed E-state index contributed by atoms with van der Waals surface area (Å²) < 4.78 is 0. The van der Waals surface area contributed by atoms with Crippen LogP contribution in [0.4, 0.5) is 0 Å². The molecule has 0 aliphatic rings. The van der Waals surface area contributed by atoms with E-state index in [0.29, 0.717) is 5.75 Å². The average Bonchev–Trinajstić information content (AvgIpc) is 2.41. The monoisotopic (exact) mass is 287 g/mol. The molecule has 0 spiro atoms. The van der Waals surface area contributed by atoms with E-state index in [-0.39, 0.29) is 5.41 Å². The molecule has 106 valence electrons. The molecule has 2 aromatic rings. The number of benzene rings is 1. The Bertz CT molecular complexity index is 588. The van der Waals surface area contributed by atoms with E-state index in [1.165, 1.54) is 5.56 Å². The van der Waals surface area contributed by atoms with Crippen LogP contribution in [0.25, 0.3) is 11.3 Å². The number of rotatable bonds is 3. The summed E-state index contributed by atoms with van der Waals surface area (Å²) in [5.41, 5.74) is 3.89. The van der Waals surface area contributed by atoms with Crippen LogP contribution in [0.15, 0.2) is 36.5 Å². The van der Waals surface area contributed by atoms with Gasteiger partial charge in [-0.15, -0.1) is 0 Å². The van der Waals surface area contributed by atoms with Crippen LogP contribution in [0.5, 0.6) is 5.75 Å². The smallest absolute Gasteiger partial charge is 0.129 e. The average molecular weight is 287 g/mol. The molecular formula is C17H21NOS. The molecule has 1 N–H and O–H groups in total. The predicted molar refractivity (Wildman–Crippen MR) is 87.3 cm³/mol. The highest BCUT2D eigenvalue weighted by Crippen LogP contribution is 2.37. The number of aromatic hydroxyl groups is 1. The predicted octanol–water partition coefficient (Wildman–Crippen LogP) is 4.61. The maximum Gasteiger partial charge on any atom is 0.129 e. The normalized spacial score (nSPS) is 11.6. The Hall–Kier alpha value is -1.48. The van der Waals surface area contributed by atoms with Gasteiger partial charge in [-0.05, 0) is 35.4 Å². The van der Waals surface area contributed by atoms with Crippen LogP contribution in [0.3, 0.4) is 0 Å². The van der Waals surface area contributed by atoms with Crippen LogP contribution in [0.1, 0.15) is 31.9 Å². The topological polar surface area (TPSA) is 33.1 Å². The summed E-state index contributed by atoms with van der Waals surface area (Å²) in [6.45, 7) is 6.55.